The Balaban J connectivity index is 3.68. The number of carboxylic acids is 1. The van der Waals surface area contributed by atoms with Crippen LogP contribution in [0.3, 0.4) is 0 Å². The number of aliphatic carboxylic acids is 1. The Morgan fingerprint density at radius 3 is 2.50 bits per heavy atom. The summed E-state index contributed by atoms with van der Waals surface area (Å²) in [6, 6.07) is 0. The summed E-state index contributed by atoms with van der Waals surface area (Å²) in [6.45, 7) is 7.75. The fraction of sp³-hybridized carbons (Fsp3) is 0.938. The lowest BCUT2D eigenvalue weighted by molar-refractivity contribution is -0.144. The van der Waals surface area contributed by atoms with Crippen LogP contribution in [0.25, 0.3) is 0 Å². The topological polar surface area (TPSA) is 58.6 Å². The number of nitrogens with one attached hydrogen (secondary N) is 1. The van der Waals surface area contributed by atoms with Gasteiger partial charge in [-0.15, -0.1) is 0 Å². The number of ether oxygens (including phenoxy) is 1. The van der Waals surface area contributed by atoms with E-state index in [1.807, 2.05) is 0 Å². The first-order valence-electron chi connectivity index (χ1n) is 8.00. The average Bonchev–Trinajstić information content (AvgIpc) is 2.45. The number of unbranched alkanes of at least 4 members (excludes halogenated alkanes) is 2. The molecule has 0 aliphatic heterocycles. The Morgan fingerprint density at radius 2 is 2.00 bits per heavy atom. The van der Waals surface area contributed by atoms with Gasteiger partial charge in [0, 0.05) is 13.2 Å². The molecular formula is C16H33NO3. The molecule has 0 aromatic heterocycles. The van der Waals surface area contributed by atoms with Gasteiger partial charge in [-0.25, -0.2) is 0 Å². The van der Waals surface area contributed by atoms with Crippen molar-refractivity contribution in [3.63, 3.8) is 0 Å². The maximum absolute atomic E-state index is 11.1. The van der Waals surface area contributed by atoms with Crippen molar-refractivity contribution < 1.29 is 14.6 Å². The zero-order valence-corrected chi connectivity index (χ0v) is 13.7. The Bertz CT molecular complexity index is 258. The number of rotatable bonds is 13. The molecule has 4 heteroatoms. The van der Waals surface area contributed by atoms with Gasteiger partial charge in [-0.1, -0.05) is 33.1 Å². The highest BCUT2D eigenvalue weighted by Crippen LogP contribution is 2.15. The summed E-state index contributed by atoms with van der Waals surface area (Å²) in [5.74, 6) is -0.108. The Kier molecular flexibility index (Phi) is 10.8. The van der Waals surface area contributed by atoms with Gasteiger partial charge in [-0.05, 0) is 45.6 Å². The highest BCUT2D eigenvalue weighted by Gasteiger charge is 2.29. The number of carboxylic acid groups (broad SMARTS) is 1. The van der Waals surface area contributed by atoms with E-state index in [2.05, 4.69) is 19.2 Å². The summed E-state index contributed by atoms with van der Waals surface area (Å²) >= 11 is 0. The molecule has 0 aliphatic rings. The van der Waals surface area contributed by atoms with Gasteiger partial charge in [0.2, 0.25) is 0 Å². The van der Waals surface area contributed by atoms with Crippen molar-refractivity contribution in [2.75, 3.05) is 20.3 Å². The van der Waals surface area contributed by atoms with E-state index in [1.165, 1.54) is 25.7 Å². The Morgan fingerprint density at radius 1 is 1.30 bits per heavy atom. The van der Waals surface area contributed by atoms with Crippen LogP contribution >= 0.6 is 0 Å². The van der Waals surface area contributed by atoms with Gasteiger partial charge >= 0.3 is 5.97 Å². The quantitative estimate of drug-likeness (QED) is 0.509. The van der Waals surface area contributed by atoms with Crippen molar-refractivity contribution in [3.05, 3.63) is 0 Å². The van der Waals surface area contributed by atoms with E-state index >= 15 is 0 Å². The van der Waals surface area contributed by atoms with Crippen LogP contribution in [-0.4, -0.2) is 36.9 Å². The third kappa shape index (κ3) is 7.85. The molecule has 120 valence electrons. The summed E-state index contributed by atoms with van der Waals surface area (Å²) in [7, 11) is 1.70. The zero-order chi connectivity index (χ0) is 15.4. The normalized spacial score (nSPS) is 15.8. The van der Waals surface area contributed by atoms with Crippen molar-refractivity contribution in [1.29, 1.82) is 0 Å². The number of hydrogen-bond donors (Lipinski definition) is 2. The van der Waals surface area contributed by atoms with Crippen LogP contribution in [-0.2, 0) is 9.53 Å². The monoisotopic (exact) mass is 287 g/mol. The summed E-state index contributed by atoms with van der Waals surface area (Å²) in [4.78, 5) is 11.1. The van der Waals surface area contributed by atoms with E-state index in [9.17, 15) is 4.79 Å². The van der Waals surface area contributed by atoms with Gasteiger partial charge in [0.15, 0.2) is 0 Å². The summed E-state index contributed by atoms with van der Waals surface area (Å²) < 4.78 is 5.72. The van der Waals surface area contributed by atoms with Crippen molar-refractivity contribution >= 4 is 5.97 Å². The molecule has 0 fully saturated rings. The highest BCUT2D eigenvalue weighted by atomic mass is 16.5. The first kappa shape index (κ1) is 19.4. The highest BCUT2D eigenvalue weighted by molar-refractivity contribution is 5.78. The SMILES string of the molecule is CCCCC(CC)COCCCCC(C)(NC)C(=O)O. The first-order chi connectivity index (χ1) is 9.50. The molecule has 0 aromatic rings. The second-order valence-corrected chi connectivity index (χ2v) is 5.84. The Labute approximate surface area is 124 Å². The van der Waals surface area contributed by atoms with Crippen molar-refractivity contribution in [2.45, 2.75) is 71.3 Å². The van der Waals surface area contributed by atoms with Crippen LogP contribution in [0.1, 0.15) is 65.7 Å². The van der Waals surface area contributed by atoms with Gasteiger partial charge in [-0.3, -0.25) is 4.79 Å². The molecule has 2 atom stereocenters. The second kappa shape index (κ2) is 11.1. The molecule has 2 N–H and O–H groups in total. The Hall–Kier alpha value is -0.610. The predicted octanol–water partition coefficient (Wildman–Crippen LogP) is 3.45. The molecule has 20 heavy (non-hydrogen) atoms. The van der Waals surface area contributed by atoms with E-state index < -0.39 is 11.5 Å². The van der Waals surface area contributed by atoms with E-state index in [4.69, 9.17) is 9.84 Å². The summed E-state index contributed by atoms with van der Waals surface area (Å²) in [5, 5.41) is 12.0. The molecule has 0 spiro atoms. The zero-order valence-electron chi connectivity index (χ0n) is 13.7. The molecule has 0 radical (unpaired) electrons. The molecule has 4 nitrogen and oxygen atoms in total. The summed E-state index contributed by atoms with van der Waals surface area (Å²) in [5.41, 5.74) is -0.812. The molecule has 0 heterocycles. The molecule has 0 rings (SSSR count). The number of likely N-dealkylation sites (N-methyl/N-ethyl adjacent to an activating group) is 1. The molecule has 0 aromatic carbocycles. The lowest BCUT2D eigenvalue weighted by Crippen LogP contribution is -2.47. The molecule has 0 aliphatic carbocycles. The number of carbonyl (C=O) groups is 1. The standard InChI is InChI=1S/C16H33NO3/c1-5-7-10-14(6-2)13-20-12-9-8-11-16(3,17-4)15(18)19/h14,17H,5-13H2,1-4H3,(H,18,19). The lowest BCUT2D eigenvalue weighted by Gasteiger charge is -2.24. The third-order valence-corrected chi connectivity index (χ3v) is 4.14. The minimum absolute atomic E-state index is 0.634. The lowest BCUT2D eigenvalue weighted by atomic mass is 9.95. The first-order valence-corrected chi connectivity index (χ1v) is 8.00. The van der Waals surface area contributed by atoms with Crippen LogP contribution in [0.2, 0.25) is 0 Å². The molecule has 0 saturated heterocycles. The van der Waals surface area contributed by atoms with Crippen molar-refractivity contribution in [3.8, 4) is 0 Å². The van der Waals surface area contributed by atoms with Gasteiger partial charge < -0.3 is 15.2 Å². The maximum atomic E-state index is 11.1. The van der Waals surface area contributed by atoms with Crippen LogP contribution in [0, 0.1) is 5.92 Å². The maximum Gasteiger partial charge on any atom is 0.323 e. The van der Waals surface area contributed by atoms with Gasteiger partial charge in [-0.2, -0.15) is 0 Å². The van der Waals surface area contributed by atoms with Crippen LogP contribution in [0.4, 0.5) is 0 Å². The van der Waals surface area contributed by atoms with Crippen LogP contribution in [0.5, 0.6) is 0 Å². The molecule has 0 amide bonds. The van der Waals surface area contributed by atoms with E-state index in [1.54, 1.807) is 14.0 Å². The molecule has 0 saturated carbocycles. The second-order valence-electron chi connectivity index (χ2n) is 5.84. The van der Waals surface area contributed by atoms with Gasteiger partial charge in [0.1, 0.15) is 5.54 Å². The molecule has 0 bridgehead atoms. The van der Waals surface area contributed by atoms with Gasteiger partial charge in [0.25, 0.3) is 0 Å². The van der Waals surface area contributed by atoms with E-state index in [-0.39, 0.29) is 0 Å². The number of hydrogen-bond acceptors (Lipinski definition) is 3. The third-order valence-electron chi connectivity index (χ3n) is 4.14. The predicted molar refractivity (Wildman–Crippen MR) is 83.1 cm³/mol. The van der Waals surface area contributed by atoms with E-state index in [0.29, 0.717) is 12.3 Å². The van der Waals surface area contributed by atoms with E-state index in [0.717, 1.165) is 26.1 Å². The van der Waals surface area contributed by atoms with Crippen LogP contribution in [0.15, 0.2) is 0 Å². The fourth-order valence-corrected chi connectivity index (χ4v) is 2.17. The fourth-order valence-electron chi connectivity index (χ4n) is 2.17. The minimum atomic E-state index is -0.812. The minimum Gasteiger partial charge on any atom is -0.480 e. The van der Waals surface area contributed by atoms with Gasteiger partial charge in [0.05, 0.1) is 0 Å². The van der Waals surface area contributed by atoms with Crippen molar-refractivity contribution in [1.82, 2.24) is 5.32 Å². The van der Waals surface area contributed by atoms with Crippen LogP contribution < -0.4 is 5.32 Å². The largest absolute Gasteiger partial charge is 0.480 e. The van der Waals surface area contributed by atoms with Crippen molar-refractivity contribution in [2.24, 2.45) is 5.92 Å². The smallest absolute Gasteiger partial charge is 0.323 e. The molecule has 2 unspecified atom stereocenters. The average molecular weight is 287 g/mol. The molecular weight excluding hydrogens is 254 g/mol. The summed E-state index contributed by atoms with van der Waals surface area (Å²) in [6.07, 6.45) is 7.38.